The summed E-state index contributed by atoms with van der Waals surface area (Å²) in [5.41, 5.74) is 2.19. The van der Waals surface area contributed by atoms with E-state index in [0.717, 1.165) is 30.9 Å². The van der Waals surface area contributed by atoms with Crippen LogP contribution in [-0.4, -0.2) is 18.6 Å². The van der Waals surface area contributed by atoms with Gasteiger partial charge in [0.1, 0.15) is 11.6 Å². The maximum Gasteiger partial charge on any atom is 0.123 e. The van der Waals surface area contributed by atoms with Crippen LogP contribution in [0, 0.1) is 5.82 Å². The van der Waals surface area contributed by atoms with Crippen molar-refractivity contribution in [3.05, 3.63) is 65.5 Å². The first-order valence-corrected chi connectivity index (χ1v) is 6.81. The molecule has 106 valence electrons. The Morgan fingerprint density at radius 2 is 1.65 bits per heavy atom. The fraction of sp³-hybridized carbons (Fsp3) is 0.294. The van der Waals surface area contributed by atoms with E-state index in [4.69, 9.17) is 4.74 Å². The summed E-state index contributed by atoms with van der Waals surface area (Å²) in [5, 5.41) is 0. The molecule has 2 nitrogen and oxygen atoms in total. The molecular weight excluding hydrogens is 253 g/mol. The maximum atomic E-state index is 13.2. The summed E-state index contributed by atoms with van der Waals surface area (Å²) in [4.78, 5) is 2.27. The predicted octanol–water partition coefficient (Wildman–Crippen LogP) is 3.86. The zero-order valence-corrected chi connectivity index (χ0v) is 12.0. The van der Waals surface area contributed by atoms with Crippen LogP contribution in [-0.2, 0) is 13.1 Å². The first-order chi connectivity index (χ1) is 9.71. The van der Waals surface area contributed by atoms with Crippen LogP contribution in [0.1, 0.15) is 18.1 Å². The first-order valence-electron chi connectivity index (χ1n) is 6.81. The van der Waals surface area contributed by atoms with Crippen molar-refractivity contribution < 1.29 is 9.13 Å². The SMILES string of the molecule is CCN(Cc1cccc(F)c1)Cc1cccc(OC)c1. The molecule has 0 amide bonds. The van der Waals surface area contributed by atoms with Gasteiger partial charge in [-0.05, 0) is 41.9 Å². The molecule has 0 aliphatic rings. The summed E-state index contributed by atoms with van der Waals surface area (Å²) < 4.78 is 18.4. The summed E-state index contributed by atoms with van der Waals surface area (Å²) in [7, 11) is 1.67. The van der Waals surface area contributed by atoms with Crippen molar-refractivity contribution in [3.8, 4) is 5.75 Å². The van der Waals surface area contributed by atoms with Crippen molar-refractivity contribution in [1.29, 1.82) is 0 Å². The molecule has 0 unspecified atom stereocenters. The third kappa shape index (κ3) is 4.07. The van der Waals surface area contributed by atoms with Crippen LogP contribution in [0.15, 0.2) is 48.5 Å². The zero-order chi connectivity index (χ0) is 14.4. The molecule has 20 heavy (non-hydrogen) atoms. The Labute approximate surface area is 119 Å². The Morgan fingerprint density at radius 3 is 2.25 bits per heavy atom. The summed E-state index contributed by atoms with van der Waals surface area (Å²) in [5.74, 6) is 0.684. The Hall–Kier alpha value is -1.87. The topological polar surface area (TPSA) is 12.5 Å². The van der Waals surface area contributed by atoms with Gasteiger partial charge in [-0.3, -0.25) is 4.90 Å². The lowest BCUT2D eigenvalue weighted by Gasteiger charge is -2.21. The van der Waals surface area contributed by atoms with Gasteiger partial charge in [0, 0.05) is 13.1 Å². The smallest absolute Gasteiger partial charge is 0.123 e. The van der Waals surface area contributed by atoms with E-state index < -0.39 is 0 Å². The number of rotatable bonds is 6. The molecule has 3 heteroatoms. The van der Waals surface area contributed by atoms with Crippen LogP contribution in [0.5, 0.6) is 5.75 Å². The Bertz CT molecular complexity index is 556. The number of hydrogen-bond donors (Lipinski definition) is 0. The summed E-state index contributed by atoms with van der Waals surface area (Å²) in [6.45, 7) is 4.59. The molecule has 0 heterocycles. The highest BCUT2D eigenvalue weighted by atomic mass is 19.1. The van der Waals surface area contributed by atoms with Gasteiger partial charge in [-0.15, -0.1) is 0 Å². The molecule has 0 aliphatic carbocycles. The van der Waals surface area contributed by atoms with Gasteiger partial charge in [-0.2, -0.15) is 0 Å². The predicted molar refractivity (Wildman–Crippen MR) is 79.2 cm³/mol. The lowest BCUT2D eigenvalue weighted by Crippen LogP contribution is -2.22. The van der Waals surface area contributed by atoms with Gasteiger partial charge in [0.25, 0.3) is 0 Å². The lowest BCUT2D eigenvalue weighted by atomic mass is 10.1. The standard InChI is InChI=1S/C17H20FNO/c1-3-19(12-14-6-4-8-16(18)10-14)13-15-7-5-9-17(11-15)20-2/h4-11H,3,12-13H2,1-2H3. The lowest BCUT2D eigenvalue weighted by molar-refractivity contribution is 0.270. The van der Waals surface area contributed by atoms with Crippen LogP contribution in [0.3, 0.4) is 0 Å². The molecule has 0 atom stereocenters. The molecule has 0 aliphatic heterocycles. The number of halogens is 1. The third-order valence-electron chi connectivity index (χ3n) is 3.28. The molecule has 0 N–H and O–H groups in total. The molecule has 2 aromatic rings. The van der Waals surface area contributed by atoms with Gasteiger partial charge in [-0.1, -0.05) is 31.2 Å². The van der Waals surface area contributed by atoms with Crippen molar-refractivity contribution in [2.45, 2.75) is 20.0 Å². The van der Waals surface area contributed by atoms with E-state index in [2.05, 4.69) is 17.9 Å². The van der Waals surface area contributed by atoms with Gasteiger partial charge in [-0.25, -0.2) is 4.39 Å². The molecular formula is C17H20FNO. The van der Waals surface area contributed by atoms with E-state index in [9.17, 15) is 4.39 Å². The molecule has 0 saturated carbocycles. The minimum Gasteiger partial charge on any atom is -0.497 e. The number of nitrogens with zero attached hydrogens (tertiary/aromatic N) is 1. The Kier molecular flexibility index (Phi) is 5.13. The van der Waals surface area contributed by atoms with Gasteiger partial charge in [0.2, 0.25) is 0 Å². The van der Waals surface area contributed by atoms with Gasteiger partial charge in [0.15, 0.2) is 0 Å². The highest BCUT2D eigenvalue weighted by molar-refractivity contribution is 5.28. The summed E-state index contributed by atoms with van der Waals surface area (Å²) in [6.07, 6.45) is 0. The molecule has 0 fully saturated rings. The monoisotopic (exact) mass is 273 g/mol. The van der Waals surface area contributed by atoms with Crippen molar-refractivity contribution in [1.82, 2.24) is 4.90 Å². The Balaban J connectivity index is 2.05. The molecule has 2 aromatic carbocycles. The quantitative estimate of drug-likeness (QED) is 0.792. The van der Waals surface area contributed by atoms with E-state index in [1.165, 1.54) is 11.6 Å². The average molecular weight is 273 g/mol. The molecule has 0 saturated heterocycles. The van der Waals surface area contributed by atoms with E-state index in [0.29, 0.717) is 0 Å². The van der Waals surface area contributed by atoms with Gasteiger partial charge in [0.05, 0.1) is 7.11 Å². The molecule has 0 radical (unpaired) electrons. The average Bonchev–Trinajstić information content (AvgIpc) is 2.47. The molecule has 0 bridgehead atoms. The second-order valence-electron chi connectivity index (χ2n) is 4.78. The number of ether oxygens (including phenoxy) is 1. The second-order valence-corrected chi connectivity index (χ2v) is 4.78. The van der Waals surface area contributed by atoms with Gasteiger partial charge >= 0.3 is 0 Å². The van der Waals surface area contributed by atoms with Crippen LogP contribution < -0.4 is 4.74 Å². The maximum absolute atomic E-state index is 13.2. The first kappa shape index (κ1) is 14.5. The van der Waals surface area contributed by atoms with Crippen LogP contribution in [0.2, 0.25) is 0 Å². The van der Waals surface area contributed by atoms with Crippen LogP contribution in [0.4, 0.5) is 4.39 Å². The minimum atomic E-state index is -0.181. The summed E-state index contributed by atoms with van der Waals surface area (Å²) in [6, 6.07) is 14.8. The van der Waals surface area contributed by atoms with Crippen LogP contribution >= 0.6 is 0 Å². The fourth-order valence-electron chi connectivity index (χ4n) is 2.20. The van der Waals surface area contributed by atoms with Crippen molar-refractivity contribution in [3.63, 3.8) is 0 Å². The zero-order valence-electron chi connectivity index (χ0n) is 12.0. The largest absolute Gasteiger partial charge is 0.497 e. The van der Waals surface area contributed by atoms with Crippen molar-refractivity contribution in [2.75, 3.05) is 13.7 Å². The van der Waals surface area contributed by atoms with E-state index in [1.807, 2.05) is 24.3 Å². The van der Waals surface area contributed by atoms with E-state index in [-0.39, 0.29) is 5.82 Å². The Morgan fingerprint density at radius 1 is 1.00 bits per heavy atom. The van der Waals surface area contributed by atoms with E-state index in [1.54, 1.807) is 19.2 Å². The van der Waals surface area contributed by atoms with Crippen molar-refractivity contribution >= 4 is 0 Å². The molecule has 0 aromatic heterocycles. The summed E-state index contributed by atoms with van der Waals surface area (Å²) >= 11 is 0. The fourth-order valence-corrected chi connectivity index (χ4v) is 2.20. The number of benzene rings is 2. The number of methoxy groups -OCH3 is 1. The third-order valence-corrected chi connectivity index (χ3v) is 3.28. The number of hydrogen-bond acceptors (Lipinski definition) is 2. The van der Waals surface area contributed by atoms with E-state index >= 15 is 0 Å². The highest BCUT2D eigenvalue weighted by Gasteiger charge is 2.06. The minimum absolute atomic E-state index is 0.181. The normalized spacial score (nSPS) is 10.8. The highest BCUT2D eigenvalue weighted by Crippen LogP contribution is 2.16. The molecule has 2 rings (SSSR count). The van der Waals surface area contributed by atoms with Gasteiger partial charge < -0.3 is 4.74 Å². The second kappa shape index (κ2) is 7.06. The van der Waals surface area contributed by atoms with Crippen molar-refractivity contribution in [2.24, 2.45) is 0 Å². The molecule has 0 spiro atoms. The van der Waals surface area contributed by atoms with Crippen LogP contribution in [0.25, 0.3) is 0 Å².